The number of hydrogen-bond donors (Lipinski definition) is 1. The molecule has 0 spiro atoms. The van der Waals surface area contributed by atoms with E-state index in [1.807, 2.05) is 32.0 Å². The van der Waals surface area contributed by atoms with Crippen molar-refractivity contribution in [1.82, 2.24) is 4.98 Å². The number of fused-ring (bicyclic) bond motifs is 1. The summed E-state index contributed by atoms with van der Waals surface area (Å²) in [6, 6.07) is 7.93. The Hall–Kier alpha value is -2.82. The van der Waals surface area contributed by atoms with Gasteiger partial charge in [0.2, 0.25) is 0 Å². The number of aromatic nitrogens is 1. The lowest BCUT2D eigenvalue weighted by Crippen LogP contribution is -2.30. The summed E-state index contributed by atoms with van der Waals surface area (Å²) in [7, 11) is 0. The smallest absolute Gasteiger partial charge is 0.409 e. The van der Waals surface area contributed by atoms with E-state index in [4.69, 9.17) is 15.2 Å². The SMILES string of the molecule is CCCCCC(C)C(C)c1cc(OC(N)=O)c2c(c1)OC(C)(C)C=C2c1ccncc1. The Bertz CT molecular complexity index is 951. The van der Waals surface area contributed by atoms with Gasteiger partial charge in [0, 0.05) is 12.4 Å². The minimum absolute atomic E-state index is 0.291. The molecule has 5 nitrogen and oxygen atoms in total. The van der Waals surface area contributed by atoms with Crippen LogP contribution in [0.3, 0.4) is 0 Å². The normalized spacial score (nSPS) is 16.5. The number of carbonyl (C=O) groups is 1. The second kappa shape index (κ2) is 9.54. The van der Waals surface area contributed by atoms with Crippen LogP contribution in [0.25, 0.3) is 5.57 Å². The van der Waals surface area contributed by atoms with Crippen LogP contribution < -0.4 is 15.2 Å². The molecule has 31 heavy (non-hydrogen) atoms. The van der Waals surface area contributed by atoms with Crippen molar-refractivity contribution in [2.45, 2.75) is 71.8 Å². The molecule has 1 amide bonds. The van der Waals surface area contributed by atoms with E-state index in [-0.39, 0.29) is 0 Å². The highest BCUT2D eigenvalue weighted by Gasteiger charge is 2.32. The molecule has 1 aromatic carbocycles. The van der Waals surface area contributed by atoms with Gasteiger partial charge in [-0.15, -0.1) is 0 Å². The molecule has 5 heteroatoms. The number of nitrogens with zero attached hydrogens (tertiary/aromatic N) is 1. The van der Waals surface area contributed by atoms with Gasteiger partial charge in [0.1, 0.15) is 17.1 Å². The molecule has 1 aliphatic heterocycles. The maximum Gasteiger partial charge on any atom is 0.409 e. The molecule has 0 saturated heterocycles. The van der Waals surface area contributed by atoms with Crippen molar-refractivity contribution >= 4 is 11.7 Å². The van der Waals surface area contributed by atoms with Crippen molar-refractivity contribution in [2.24, 2.45) is 11.7 Å². The maximum absolute atomic E-state index is 11.7. The van der Waals surface area contributed by atoms with Gasteiger partial charge < -0.3 is 15.2 Å². The van der Waals surface area contributed by atoms with E-state index in [0.29, 0.717) is 23.3 Å². The number of pyridine rings is 1. The molecule has 2 unspecified atom stereocenters. The van der Waals surface area contributed by atoms with Crippen LogP contribution in [0.15, 0.2) is 42.7 Å². The minimum Gasteiger partial charge on any atom is -0.483 e. The van der Waals surface area contributed by atoms with Crippen LogP contribution in [0, 0.1) is 5.92 Å². The third kappa shape index (κ3) is 5.46. The second-order valence-corrected chi connectivity index (χ2v) is 9.07. The first kappa shape index (κ1) is 22.9. The summed E-state index contributed by atoms with van der Waals surface area (Å²) in [5, 5.41) is 0. The van der Waals surface area contributed by atoms with Crippen LogP contribution in [0.5, 0.6) is 11.5 Å². The summed E-state index contributed by atoms with van der Waals surface area (Å²) >= 11 is 0. The number of benzene rings is 1. The number of primary amides is 1. The van der Waals surface area contributed by atoms with E-state index in [1.54, 1.807) is 12.4 Å². The molecule has 0 bridgehead atoms. The van der Waals surface area contributed by atoms with Gasteiger partial charge in [-0.3, -0.25) is 4.98 Å². The molecule has 0 saturated carbocycles. The topological polar surface area (TPSA) is 74.4 Å². The Kier molecular flexibility index (Phi) is 7.04. The Labute approximate surface area is 185 Å². The standard InChI is InChI=1S/C26H34N2O3/c1-6-7-8-9-17(2)18(3)20-14-22(30-25(27)29)24-21(19-10-12-28-13-11-19)16-26(4,5)31-23(24)15-20/h10-18H,6-9H2,1-5H3,(H2,27,29). The summed E-state index contributed by atoms with van der Waals surface area (Å²) in [4.78, 5) is 15.9. The molecular weight excluding hydrogens is 388 g/mol. The van der Waals surface area contributed by atoms with Crippen LogP contribution in [0.2, 0.25) is 0 Å². The fraction of sp³-hybridized carbons (Fsp3) is 0.462. The van der Waals surface area contributed by atoms with Gasteiger partial charge in [0.15, 0.2) is 0 Å². The lowest BCUT2D eigenvalue weighted by atomic mass is 9.83. The van der Waals surface area contributed by atoms with Crippen LogP contribution in [0.4, 0.5) is 4.79 Å². The summed E-state index contributed by atoms with van der Waals surface area (Å²) in [5.41, 5.74) is 8.69. The van der Waals surface area contributed by atoms with Gasteiger partial charge in [0.25, 0.3) is 0 Å². The number of amides is 1. The fourth-order valence-corrected chi connectivity index (χ4v) is 4.19. The molecular formula is C26H34N2O3. The van der Waals surface area contributed by atoms with E-state index in [2.05, 4.69) is 37.9 Å². The van der Waals surface area contributed by atoms with Crippen molar-refractivity contribution < 1.29 is 14.3 Å². The van der Waals surface area contributed by atoms with Crippen molar-refractivity contribution in [1.29, 1.82) is 0 Å². The summed E-state index contributed by atoms with van der Waals surface area (Å²) < 4.78 is 11.8. The van der Waals surface area contributed by atoms with Gasteiger partial charge in [-0.05, 0) is 72.7 Å². The van der Waals surface area contributed by atoms with Gasteiger partial charge in [0.05, 0.1) is 5.56 Å². The highest BCUT2D eigenvalue weighted by Crippen LogP contribution is 2.46. The molecule has 3 rings (SSSR count). The molecule has 0 aliphatic carbocycles. The third-order valence-electron chi connectivity index (χ3n) is 6.07. The van der Waals surface area contributed by atoms with E-state index < -0.39 is 11.7 Å². The molecule has 2 heterocycles. The number of carbonyl (C=O) groups excluding carboxylic acids is 1. The lowest BCUT2D eigenvalue weighted by molar-refractivity contribution is 0.157. The van der Waals surface area contributed by atoms with E-state index in [9.17, 15) is 4.79 Å². The van der Waals surface area contributed by atoms with Crippen LogP contribution in [-0.4, -0.2) is 16.7 Å². The predicted molar refractivity (Wildman–Crippen MR) is 124 cm³/mol. The molecule has 0 radical (unpaired) electrons. The monoisotopic (exact) mass is 422 g/mol. The summed E-state index contributed by atoms with van der Waals surface area (Å²) in [6.45, 7) is 10.8. The van der Waals surface area contributed by atoms with Crippen LogP contribution in [-0.2, 0) is 0 Å². The first-order chi connectivity index (χ1) is 14.7. The quantitative estimate of drug-likeness (QED) is 0.495. The van der Waals surface area contributed by atoms with E-state index in [0.717, 1.165) is 28.7 Å². The molecule has 1 aliphatic rings. The minimum atomic E-state index is -0.832. The van der Waals surface area contributed by atoms with E-state index >= 15 is 0 Å². The number of hydrogen-bond acceptors (Lipinski definition) is 4. The number of rotatable bonds is 8. The first-order valence-electron chi connectivity index (χ1n) is 11.2. The number of nitrogens with two attached hydrogens (primary N) is 1. The lowest BCUT2D eigenvalue weighted by Gasteiger charge is -2.33. The molecule has 2 N–H and O–H groups in total. The molecule has 1 aromatic heterocycles. The zero-order chi connectivity index (χ0) is 22.6. The number of ether oxygens (including phenoxy) is 2. The van der Waals surface area contributed by atoms with Gasteiger partial charge in [-0.2, -0.15) is 0 Å². The largest absolute Gasteiger partial charge is 0.483 e. The van der Waals surface area contributed by atoms with Crippen molar-refractivity contribution in [3.05, 3.63) is 59.4 Å². The van der Waals surface area contributed by atoms with Crippen molar-refractivity contribution in [3.8, 4) is 11.5 Å². The average molecular weight is 423 g/mol. The maximum atomic E-state index is 11.7. The van der Waals surface area contributed by atoms with E-state index in [1.165, 1.54) is 19.3 Å². The Morgan fingerprint density at radius 1 is 1.19 bits per heavy atom. The highest BCUT2D eigenvalue weighted by molar-refractivity contribution is 5.89. The Morgan fingerprint density at radius 2 is 1.90 bits per heavy atom. The van der Waals surface area contributed by atoms with Gasteiger partial charge in [-0.25, -0.2) is 4.79 Å². The van der Waals surface area contributed by atoms with Crippen molar-refractivity contribution in [2.75, 3.05) is 0 Å². The Balaban J connectivity index is 2.08. The highest BCUT2D eigenvalue weighted by atomic mass is 16.5. The summed E-state index contributed by atoms with van der Waals surface area (Å²) in [6.07, 6.45) is 9.56. The Morgan fingerprint density at radius 3 is 2.55 bits per heavy atom. The molecule has 166 valence electrons. The zero-order valence-corrected chi connectivity index (χ0v) is 19.3. The zero-order valence-electron chi connectivity index (χ0n) is 19.3. The number of unbranched alkanes of at least 4 members (excludes halogenated alkanes) is 2. The van der Waals surface area contributed by atoms with Crippen molar-refractivity contribution in [3.63, 3.8) is 0 Å². The summed E-state index contributed by atoms with van der Waals surface area (Å²) in [5.74, 6) is 1.93. The molecule has 2 aromatic rings. The third-order valence-corrected chi connectivity index (χ3v) is 6.07. The second-order valence-electron chi connectivity index (χ2n) is 9.07. The van der Waals surface area contributed by atoms with Gasteiger partial charge in [-0.1, -0.05) is 46.5 Å². The predicted octanol–water partition coefficient (Wildman–Crippen LogP) is 6.46. The van der Waals surface area contributed by atoms with Crippen LogP contribution in [0.1, 0.15) is 82.9 Å². The molecule has 2 atom stereocenters. The average Bonchev–Trinajstić information content (AvgIpc) is 2.71. The first-order valence-corrected chi connectivity index (χ1v) is 11.2. The van der Waals surface area contributed by atoms with Gasteiger partial charge >= 0.3 is 6.09 Å². The van der Waals surface area contributed by atoms with Crippen LogP contribution >= 0.6 is 0 Å². The fourth-order valence-electron chi connectivity index (χ4n) is 4.19. The molecule has 0 fully saturated rings.